The third-order valence-corrected chi connectivity index (χ3v) is 5.56. The highest BCUT2D eigenvalue weighted by molar-refractivity contribution is 6.09. The maximum atomic E-state index is 4.34. The van der Waals surface area contributed by atoms with Crippen molar-refractivity contribution in [3.63, 3.8) is 0 Å². The standard InChI is InChI=1S/C28H21N/c1-3-21-10-4-5-11-24(21)20(2)22-16-18-23(19-17-22)29-27-14-8-6-12-25(27)26-13-7-9-15-28(26)29/h3-19H,1-2H2. The first kappa shape index (κ1) is 17.3. The number of aromatic nitrogens is 1. The lowest BCUT2D eigenvalue weighted by molar-refractivity contribution is 1.18. The first-order chi connectivity index (χ1) is 14.3. The van der Waals surface area contributed by atoms with Gasteiger partial charge in [-0.1, -0.05) is 92.0 Å². The van der Waals surface area contributed by atoms with Gasteiger partial charge < -0.3 is 4.57 Å². The molecule has 5 aromatic rings. The van der Waals surface area contributed by atoms with Gasteiger partial charge in [0, 0.05) is 16.5 Å². The lowest BCUT2D eigenvalue weighted by atomic mass is 9.95. The van der Waals surface area contributed by atoms with Gasteiger partial charge >= 0.3 is 0 Å². The van der Waals surface area contributed by atoms with E-state index >= 15 is 0 Å². The predicted octanol–water partition coefficient (Wildman–Crippen LogP) is 7.49. The number of para-hydroxylation sites is 2. The molecule has 0 aliphatic carbocycles. The fourth-order valence-corrected chi connectivity index (χ4v) is 4.12. The monoisotopic (exact) mass is 371 g/mol. The van der Waals surface area contributed by atoms with Gasteiger partial charge in [-0.05, 0) is 46.5 Å². The molecule has 1 heteroatoms. The molecule has 0 saturated carbocycles. The summed E-state index contributed by atoms with van der Waals surface area (Å²) in [4.78, 5) is 0. The highest BCUT2D eigenvalue weighted by atomic mass is 15.0. The summed E-state index contributed by atoms with van der Waals surface area (Å²) >= 11 is 0. The molecule has 138 valence electrons. The maximum Gasteiger partial charge on any atom is 0.0541 e. The van der Waals surface area contributed by atoms with Crippen molar-refractivity contribution in [2.75, 3.05) is 0 Å². The molecule has 0 bridgehead atoms. The van der Waals surface area contributed by atoms with Crippen molar-refractivity contribution >= 4 is 33.5 Å². The number of nitrogens with zero attached hydrogens (tertiary/aromatic N) is 1. The third-order valence-electron chi connectivity index (χ3n) is 5.56. The SMILES string of the molecule is C=Cc1ccccc1C(=C)c1ccc(-n2c3ccccc3c3ccccc32)cc1. The van der Waals surface area contributed by atoms with Gasteiger partial charge in [-0.3, -0.25) is 0 Å². The zero-order valence-corrected chi connectivity index (χ0v) is 16.2. The van der Waals surface area contributed by atoms with Crippen LogP contribution in [0.1, 0.15) is 16.7 Å². The molecule has 0 N–H and O–H groups in total. The Morgan fingerprint density at radius 2 is 1.21 bits per heavy atom. The number of hydrogen-bond donors (Lipinski definition) is 0. The predicted molar refractivity (Wildman–Crippen MR) is 125 cm³/mol. The van der Waals surface area contributed by atoms with Crippen LogP contribution < -0.4 is 0 Å². The molecule has 5 rings (SSSR count). The van der Waals surface area contributed by atoms with E-state index in [-0.39, 0.29) is 0 Å². The number of rotatable bonds is 4. The lowest BCUT2D eigenvalue weighted by Crippen LogP contribution is -1.95. The molecule has 0 aliphatic rings. The van der Waals surface area contributed by atoms with Gasteiger partial charge in [-0.25, -0.2) is 0 Å². The van der Waals surface area contributed by atoms with E-state index in [0.717, 1.165) is 28.0 Å². The summed E-state index contributed by atoms with van der Waals surface area (Å²) in [7, 11) is 0. The Balaban J connectivity index is 1.63. The van der Waals surface area contributed by atoms with E-state index in [1.807, 2.05) is 18.2 Å². The van der Waals surface area contributed by atoms with Crippen molar-refractivity contribution in [2.24, 2.45) is 0 Å². The minimum absolute atomic E-state index is 1.01. The Morgan fingerprint density at radius 1 is 0.655 bits per heavy atom. The molecule has 0 saturated heterocycles. The second-order valence-electron chi connectivity index (χ2n) is 7.19. The molecular weight excluding hydrogens is 350 g/mol. The van der Waals surface area contributed by atoms with Crippen LogP contribution in [0, 0.1) is 0 Å². The topological polar surface area (TPSA) is 4.93 Å². The molecule has 1 nitrogen and oxygen atoms in total. The average Bonchev–Trinajstić information content (AvgIpc) is 3.13. The van der Waals surface area contributed by atoms with Gasteiger partial charge in [-0.2, -0.15) is 0 Å². The maximum absolute atomic E-state index is 4.34. The highest BCUT2D eigenvalue weighted by Crippen LogP contribution is 2.32. The van der Waals surface area contributed by atoms with Crippen LogP contribution in [-0.2, 0) is 0 Å². The highest BCUT2D eigenvalue weighted by Gasteiger charge is 2.12. The van der Waals surface area contributed by atoms with Gasteiger partial charge in [0.05, 0.1) is 11.0 Å². The Bertz CT molecular complexity index is 1310. The van der Waals surface area contributed by atoms with Gasteiger partial charge in [0.2, 0.25) is 0 Å². The van der Waals surface area contributed by atoms with Gasteiger partial charge in [0.15, 0.2) is 0 Å². The Morgan fingerprint density at radius 3 is 1.83 bits per heavy atom. The summed E-state index contributed by atoms with van der Waals surface area (Å²) in [5.41, 5.74) is 7.93. The van der Waals surface area contributed by atoms with Gasteiger partial charge in [0.1, 0.15) is 0 Å². The molecule has 0 aliphatic heterocycles. The van der Waals surface area contributed by atoms with Crippen LogP contribution in [0.5, 0.6) is 0 Å². The van der Waals surface area contributed by atoms with Crippen molar-refractivity contribution in [1.82, 2.24) is 4.57 Å². The molecule has 1 heterocycles. The van der Waals surface area contributed by atoms with Crippen LogP contribution in [-0.4, -0.2) is 4.57 Å². The average molecular weight is 371 g/mol. The van der Waals surface area contributed by atoms with Crippen molar-refractivity contribution in [3.05, 3.63) is 127 Å². The summed E-state index contributed by atoms with van der Waals surface area (Å²) in [6, 6.07) is 34.0. The molecule has 0 spiro atoms. The van der Waals surface area contributed by atoms with Crippen molar-refractivity contribution < 1.29 is 0 Å². The molecular formula is C28H21N. The Hall–Kier alpha value is -3.84. The summed E-state index contributed by atoms with van der Waals surface area (Å²) in [5, 5.41) is 2.55. The van der Waals surface area contributed by atoms with Crippen molar-refractivity contribution in [3.8, 4) is 5.69 Å². The largest absolute Gasteiger partial charge is 0.309 e. The summed E-state index contributed by atoms with van der Waals surface area (Å²) < 4.78 is 2.33. The van der Waals surface area contributed by atoms with E-state index in [2.05, 4.69) is 103 Å². The van der Waals surface area contributed by atoms with Crippen LogP contribution in [0.3, 0.4) is 0 Å². The third kappa shape index (κ3) is 2.79. The first-order valence-corrected chi connectivity index (χ1v) is 9.77. The molecule has 0 atom stereocenters. The molecule has 0 fully saturated rings. The smallest absolute Gasteiger partial charge is 0.0541 e. The number of hydrogen-bond acceptors (Lipinski definition) is 0. The van der Waals surface area contributed by atoms with E-state index in [4.69, 9.17) is 0 Å². The zero-order chi connectivity index (χ0) is 19.8. The van der Waals surface area contributed by atoms with Crippen LogP contribution in [0.15, 0.2) is 110 Å². The lowest BCUT2D eigenvalue weighted by Gasteiger charge is -2.12. The second-order valence-corrected chi connectivity index (χ2v) is 7.19. The molecule has 0 radical (unpaired) electrons. The van der Waals surface area contributed by atoms with Gasteiger partial charge in [0.25, 0.3) is 0 Å². The van der Waals surface area contributed by atoms with E-state index in [0.29, 0.717) is 0 Å². The minimum Gasteiger partial charge on any atom is -0.309 e. The van der Waals surface area contributed by atoms with E-state index in [9.17, 15) is 0 Å². The fourth-order valence-electron chi connectivity index (χ4n) is 4.12. The fraction of sp³-hybridized carbons (Fsp3) is 0. The quantitative estimate of drug-likeness (QED) is 0.308. The Kier molecular flexibility index (Phi) is 4.14. The van der Waals surface area contributed by atoms with Gasteiger partial charge in [-0.15, -0.1) is 0 Å². The first-order valence-electron chi connectivity index (χ1n) is 9.77. The zero-order valence-electron chi connectivity index (χ0n) is 16.2. The van der Waals surface area contributed by atoms with E-state index in [1.165, 1.54) is 21.8 Å². The van der Waals surface area contributed by atoms with E-state index in [1.54, 1.807) is 0 Å². The van der Waals surface area contributed by atoms with Crippen LogP contribution in [0.4, 0.5) is 0 Å². The number of benzene rings is 4. The molecule has 4 aromatic carbocycles. The molecule has 29 heavy (non-hydrogen) atoms. The summed E-state index contributed by atoms with van der Waals surface area (Å²) in [6.07, 6.45) is 1.88. The number of fused-ring (bicyclic) bond motifs is 3. The van der Waals surface area contributed by atoms with Crippen LogP contribution in [0.2, 0.25) is 0 Å². The van der Waals surface area contributed by atoms with Crippen molar-refractivity contribution in [2.45, 2.75) is 0 Å². The van der Waals surface area contributed by atoms with Crippen LogP contribution >= 0.6 is 0 Å². The molecule has 1 aromatic heterocycles. The van der Waals surface area contributed by atoms with Crippen molar-refractivity contribution in [1.29, 1.82) is 0 Å². The minimum atomic E-state index is 1.01. The van der Waals surface area contributed by atoms with Crippen LogP contribution in [0.25, 0.3) is 39.1 Å². The normalized spacial score (nSPS) is 11.0. The second kappa shape index (κ2) is 6.96. The Labute approximate surface area is 170 Å². The molecule has 0 amide bonds. The summed E-state index contributed by atoms with van der Waals surface area (Å²) in [5.74, 6) is 0. The molecule has 0 unspecified atom stereocenters. The van der Waals surface area contributed by atoms with E-state index < -0.39 is 0 Å². The summed E-state index contributed by atoms with van der Waals surface area (Å²) in [6.45, 7) is 8.27.